The molecule has 0 fully saturated rings. The van der Waals surface area contributed by atoms with E-state index in [2.05, 4.69) is 31.2 Å². The van der Waals surface area contributed by atoms with Crippen molar-refractivity contribution >= 4 is 35.1 Å². The average molecular weight is 350 g/mol. The molecule has 0 atom stereocenters. The van der Waals surface area contributed by atoms with Crippen LogP contribution in [0.1, 0.15) is 38.4 Å². The fourth-order valence-electron chi connectivity index (χ4n) is 2.59. The maximum atomic E-state index is 12.4. The summed E-state index contributed by atoms with van der Waals surface area (Å²) >= 11 is 7.92. The van der Waals surface area contributed by atoms with Gasteiger partial charge in [0.1, 0.15) is 5.82 Å². The summed E-state index contributed by atoms with van der Waals surface area (Å²) < 4.78 is 1.80. The molecule has 6 heteroatoms. The summed E-state index contributed by atoms with van der Waals surface area (Å²) in [6.07, 6.45) is 0.468. The predicted molar refractivity (Wildman–Crippen MR) is 96.3 cm³/mol. The highest BCUT2D eigenvalue weighted by atomic mass is 35.5. The van der Waals surface area contributed by atoms with E-state index in [0.717, 1.165) is 34.3 Å². The van der Waals surface area contributed by atoms with Crippen LogP contribution in [-0.2, 0) is 16.3 Å². The summed E-state index contributed by atoms with van der Waals surface area (Å²) in [6.45, 7) is 6.17. The van der Waals surface area contributed by atoms with E-state index in [9.17, 15) is 4.79 Å². The van der Waals surface area contributed by atoms with Crippen molar-refractivity contribution in [1.29, 1.82) is 0 Å². The minimum absolute atomic E-state index is 0.0142. The van der Waals surface area contributed by atoms with Crippen molar-refractivity contribution < 1.29 is 4.79 Å². The number of nitrogens with zero attached hydrogens (tertiary/aromatic N) is 2. The number of hydrogen-bond acceptors (Lipinski definition) is 3. The smallest absolute Gasteiger partial charge is 0.226 e. The molecule has 23 heavy (non-hydrogen) atoms. The van der Waals surface area contributed by atoms with Crippen LogP contribution >= 0.6 is 23.4 Å². The van der Waals surface area contributed by atoms with Gasteiger partial charge in [-0.15, -0.1) is 0 Å². The summed E-state index contributed by atoms with van der Waals surface area (Å²) in [4.78, 5) is 12.4. The Morgan fingerprint density at radius 2 is 2.17 bits per heavy atom. The van der Waals surface area contributed by atoms with Gasteiger partial charge in [-0.1, -0.05) is 38.4 Å². The second-order valence-corrected chi connectivity index (χ2v) is 8.37. The lowest BCUT2D eigenvalue weighted by atomic mass is 9.92. The first kappa shape index (κ1) is 16.4. The quantitative estimate of drug-likeness (QED) is 0.877. The highest BCUT2D eigenvalue weighted by Gasteiger charge is 2.26. The monoisotopic (exact) mass is 349 g/mol. The number of carbonyl (C=O) groups excluding carboxylic acids is 1. The standard InChI is InChI=1S/C17H20ClN3OS/c1-17(2,3)8-15(22)19-16-13-9-23-10-14(13)20-21(16)12-6-4-5-11(18)7-12/h4-7H,8-10H2,1-3H3,(H,19,22). The first-order chi connectivity index (χ1) is 10.8. The van der Waals surface area contributed by atoms with Crippen LogP contribution in [0, 0.1) is 5.41 Å². The lowest BCUT2D eigenvalue weighted by Gasteiger charge is -2.18. The zero-order valence-corrected chi connectivity index (χ0v) is 15.1. The number of aromatic nitrogens is 2. The highest BCUT2D eigenvalue weighted by molar-refractivity contribution is 7.98. The lowest BCUT2D eigenvalue weighted by Crippen LogP contribution is -2.21. The van der Waals surface area contributed by atoms with Gasteiger partial charge in [0, 0.05) is 28.5 Å². The maximum Gasteiger partial charge on any atom is 0.226 e. The largest absolute Gasteiger partial charge is 0.310 e. The van der Waals surface area contributed by atoms with Crippen LogP contribution in [0.3, 0.4) is 0 Å². The molecule has 0 saturated carbocycles. The minimum atomic E-state index is -0.0527. The van der Waals surface area contributed by atoms with E-state index in [4.69, 9.17) is 11.6 Å². The van der Waals surface area contributed by atoms with Crippen molar-refractivity contribution in [3.05, 3.63) is 40.5 Å². The third-order valence-electron chi connectivity index (χ3n) is 3.55. The number of halogens is 1. The summed E-state index contributed by atoms with van der Waals surface area (Å²) in [7, 11) is 0. The third kappa shape index (κ3) is 3.72. The number of benzene rings is 1. The molecule has 0 unspecified atom stereocenters. The van der Waals surface area contributed by atoms with Gasteiger partial charge >= 0.3 is 0 Å². The molecule has 0 saturated heterocycles. The number of nitrogens with one attached hydrogen (secondary N) is 1. The van der Waals surface area contributed by atoms with E-state index in [1.54, 1.807) is 4.68 Å². The molecule has 0 aliphatic carbocycles. The van der Waals surface area contributed by atoms with Gasteiger partial charge < -0.3 is 5.32 Å². The molecular weight excluding hydrogens is 330 g/mol. The molecule has 2 heterocycles. The Labute approximate surface area is 145 Å². The molecule has 1 aromatic heterocycles. The molecule has 3 rings (SSSR count). The number of rotatable bonds is 3. The molecule has 1 N–H and O–H groups in total. The third-order valence-corrected chi connectivity index (χ3v) is 4.76. The summed E-state index contributed by atoms with van der Waals surface area (Å²) in [5.74, 6) is 2.55. The normalized spacial score (nSPS) is 13.9. The second-order valence-electron chi connectivity index (χ2n) is 6.94. The summed E-state index contributed by atoms with van der Waals surface area (Å²) in [5.41, 5.74) is 2.98. The minimum Gasteiger partial charge on any atom is -0.310 e. The molecule has 1 aliphatic heterocycles. The van der Waals surface area contributed by atoms with Crippen LogP contribution in [-0.4, -0.2) is 15.7 Å². The van der Waals surface area contributed by atoms with Crippen LogP contribution in [0.15, 0.2) is 24.3 Å². The number of hydrogen-bond donors (Lipinski definition) is 1. The van der Waals surface area contributed by atoms with Crippen molar-refractivity contribution in [2.45, 2.75) is 38.7 Å². The van der Waals surface area contributed by atoms with Crippen LogP contribution < -0.4 is 5.32 Å². The van der Waals surface area contributed by atoms with Gasteiger partial charge in [-0.3, -0.25) is 4.79 Å². The van der Waals surface area contributed by atoms with Gasteiger partial charge in [0.15, 0.2) is 0 Å². The molecule has 2 aromatic rings. The Hall–Kier alpha value is -1.46. The van der Waals surface area contributed by atoms with Gasteiger partial charge in [0.25, 0.3) is 0 Å². The van der Waals surface area contributed by atoms with Crippen molar-refractivity contribution in [2.75, 3.05) is 5.32 Å². The molecule has 1 aromatic carbocycles. The topological polar surface area (TPSA) is 46.9 Å². The van der Waals surface area contributed by atoms with Gasteiger partial charge in [-0.2, -0.15) is 16.9 Å². The van der Waals surface area contributed by atoms with Gasteiger partial charge in [-0.25, -0.2) is 4.68 Å². The van der Waals surface area contributed by atoms with Gasteiger partial charge in [0.2, 0.25) is 5.91 Å². The summed E-state index contributed by atoms with van der Waals surface area (Å²) in [6, 6.07) is 7.52. The molecule has 0 radical (unpaired) electrons. The zero-order valence-electron chi connectivity index (χ0n) is 13.5. The lowest BCUT2D eigenvalue weighted by molar-refractivity contribution is -0.117. The van der Waals surface area contributed by atoms with Crippen molar-refractivity contribution in [3.8, 4) is 5.69 Å². The molecular formula is C17H20ClN3OS. The maximum absolute atomic E-state index is 12.4. The number of anilines is 1. The molecule has 122 valence electrons. The fourth-order valence-corrected chi connectivity index (χ4v) is 3.81. The number of amides is 1. The van der Waals surface area contributed by atoms with Crippen molar-refractivity contribution in [1.82, 2.24) is 9.78 Å². The first-order valence-corrected chi connectivity index (χ1v) is 9.11. The van der Waals surface area contributed by atoms with Gasteiger partial charge in [0.05, 0.1) is 11.4 Å². The Morgan fingerprint density at radius 3 is 2.87 bits per heavy atom. The Kier molecular flexibility index (Phi) is 4.43. The Morgan fingerprint density at radius 1 is 1.39 bits per heavy atom. The first-order valence-electron chi connectivity index (χ1n) is 7.58. The van der Waals surface area contributed by atoms with Crippen LogP contribution in [0.2, 0.25) is 5.02 Å². The second kappa shape index (κ2) is 6.21. The summed E-state index contributed by atoms with van der Waals surface area (Å²) in [5, 5.41) is 8.40. The van der Waals surface area contributed by atoms with E-state index in [1.165, 1.54) is 0 Å². The van der Waals surface area contributed by atoms with E-state index >= 15 is 0 Å². The molecule has 1 aliphatic rings. The average Bonchev–Trinajstić information content (AvgIpc) is 2.99. The van der Waals surface area contributed by atoms with Crippen molar-refractivity contribution in [2.24, 2.45) is 5.41 Å². The van der Waals surface area contributed by atoms with E-state index in [1.807, 2.05) is 36.0 Å². The molecule has 0 spiro atoms. The molecule has 4 nitrogen and oxygen atoms in total. The van der Waals surface area contributed by atoms with E-state index in [0.29, 0.717) is 11.4 Å². The van der Waals surface area contributed by atoms with Crippen LogP contribution in [0.4, 0.5) is 5.82 Å². The van der Waals surface area contributed by atoms with Gasteiger partial charge in [-0.05, 0) is 23.6 Å². The van der Waals surface area contributed by atoms with Crippen LogP contribution in [0.5, 0.6) is 0 Å². The van der Waals surface area contributed by atoms with E-state index < -0.39 is 0 Å². The Balaban J connectivity index is 1.97. The Bertz CT molecular complexity index is 749. The highest BCUT2D eigenvalue weighted by Crippen LogP contribution is 2.36. The molecule has 0 bridgehead atoms. The van der Waals surface area contributed by atoms with Crippen LogP contribution in [0.25, 0.3) is 5.69 Å². The van der Waals surface area contributed by atoms with Crippen molar-refractivity contribution in [3.63, 3.8) is 0 Å². The van der Waals surface area contributed by atoms with E-state index in [-0.39, 0.29) is 11.3 Å². The molecule has 1 amide bonds. The SMILES string of the molecule is CC(C)(C)CC(=O)Nc1c2c(nn1-c1cccc(Cl)c1)CSC2. The number of carbonyl (C=O) groups is 1. The predicted octanol–water partition coefficient (Wildman–Crippen LogP) is 4.65. The number of fused-ring (bicyclic) bond motifs is 1. The number of thioether (sulfide) groups is 1. The fraction of sp³-hybridized carbons (Fsp3) is 0.412. The zero-order chi connectivity index (χ0) is 16.6.